The number of hydrogen-bond donors (Lipinski definition) is 1. The van der Waals surface area contributed by atoms with Gasteiger partial charge in [0.25, 0.3) is 0 Å². The highest BCUT2D eigenvalue weighted by Gasteiger charge is 2.55. The van der Waals surface area contributed by atoms with Crippen LogP contribution in [-0.2, 0) is 17.5 Å². The summed E-state index contributed by atoms with van der Waals surface area (Å²) in [5.41, 5.74) is 0.339. The Kier molecular flexibility index (Phi) is 6.00. The fourth-order valence-corrected chi connectivity index (χ4v) is 9.52. The number of alkyl halides is 3. The average Bonchev–Trinajstić information content (AvgIpc) is 3.52. The van der Waals surface area contributed by atoms with Gasteiger partial charge >= 0.3 is 11.0 Å². The summed E-state index contributed by atoms with van der Waals surface area (Å²) in [7, 11) is 0. The number of fused-ring (bicyclic) bond motifs is 6. The molecular formula is C26H22ClF3N2O2S2. The molecule has 5 atom stereocenters. The van der Waals surface area contributed by atoms with Crippen molar-refractivity contribution in [1.29, 1.82) is 0 Å². The summed E-state index contributed by atoms with van der Waals surface area (Å²) in [5, 5.41) is 4.39. The number of benzene rings is 2. The van der Waals surface area contributed by atoms with Crippen molar-refractivity contribution < 1.29 is 18.0 Å². The van der Waals surface area contributed by atoms with Gasteiger partial charge in [0.05, 0.1) is 10.6 Å². The molecule has 2 fully saturated rings. The molecule has 2 saturated carbocycles. The first kappa shape index (κ1) is 24.1. The Bertz CT molecular complexity index is 1390. The number of nitrogens with zero attached hydrogens (tertiary/aromatic N) is 1. The number of aromatic nitrogens is 1. The summed E-state index contributed by atoms with van der Waals surface area (Å²) in [6.07, 6.45) is -0.914. The highest BCUT2D eigenvalue weighted by atomic mass is 35.5. The summed E-state index contributed by atoms with van der Waals surface area (Å²) < 4.78 is 40.7. The van der Waals surface area contributed by atoms with Crippen LogP contribution in [-0.4, -0.2) is 15.7 Å². The minimum Gasteiger partial charge on any atom is -0.325 e. The average molecular weight is 551 g/mol. The van der Waals surface area contributed by atoms with Crippen molar-refractivity contribution in [1.82, 2.24) is 4.57 Å². The standard InChI is InChI=1S/C26H22ClF3N2O2S2/c27-17-8-6-13(7-9-17)20-21-14-4-5-15(10-14)22(21)35-24-23(20)36-25(34)32(24)12-19(33)31-18-3-1-2-16(11-18)26(28,29)30/h1-3,6-9,11,14-15,20-22H,4-5,10,12H2,(H,31,33)/t14-,15-,20+,21-,22+/m0/s1. The normalized spacial score (nSPS) is 26.5. The van der Waals surface area contributed by atoms with Crippen molar-refractivity contribution >= 4 is 46.3 Å². The third kappa shape index (κ3) is 4.19. The Morgan fingerprint density at radius 2 is 1.86 bits per heavy atom. The summed E-state index contributed by atoms with van der Waals surface area (Å²) in [5.74, 6) is 1.19. The van der Waals surface area contributed by atoms with Gasteiger partial charge in [-0.15, -0.1) is 11.8 Å². The van der Waals surface area contributed by atoms with Gasteiger partial charge in [-0.05, 0) is 72.9 Å². The van der Waals surface area contributed by atoms with E-state index >= 15 is 0 Å². The van der Waals surface area contributed by atoms with Crippen molar-refractivity contribution in [3.8, 4) is 0 Å². The van der Waals surface area contributed by atoms with Crippen LogP contribution >= 0.6 is 34.7 Å². The first-order chi connectivity index (χ1) is 17.2. The van der Waals surface area contributed by atoms with Crippen molar-refractivity contribution in [2.45, 2.75) is 48.2 Å². The zero-order chi connectivity index (χ0) is 25.2. The largest absolute Gasteiger partial charge is 0.416 e. The predicted octanol–water partition coefficient (Wildman–Crippen LogP) is 6.87. The quantitative estimate of drug-likeness (QED) is 0.385. The molecule has 0 radical (unpaired) electrons. The minimum absolute atomic E-state index is 0.0480. The van der Waals surface area contributed by atoms with E-state index in [1.807, 2.05) is 24.3 Å². The topological polar surface area (TPSA) is 51.1 Å². The number of thiazole rings is 1. The number of carbonyl (C=O) groups excluding carboxylic acids is 1. The van der Waals surface area contributed by atoms with Gasteiger partial charge in [0.2, 0.25) is 5.91 Å². The molecule has 36 heavy (non-hydrogen) atoms. The zero-order valence-electron chi connectivity index (χ0n) is 18.9. The first-order valence-corrected chi connectivity index (χ1v) is 13.9. The zero-order valence-corrected chi connectivity index (χ0v) is 21.3. The highest BCUT2D eigenvalue weighted by Crippen LogP contribution is 2.64. The Morgan fingerprint density at radius 3 is 2.61 bits per heavy atom. The second-order valence-electron chi connectivity index (χ2n) is 9.77. The number of hydrogen-bond acceptors (Lipinski definition) is 4. The maximum atomic E-state index is 13.1. The van der Waals surface area contributed by atoms with Gasteiger partial charge in [-0.2, -0.15) is 13.2 Å². The molecule has 1 amide bonds. The Morgan fingerprint density at radius 1 is 1.11 bits per heavy atom. The Balaban J connectivity index is 1.32. The maximum Gasteiger partial charge on any atom is 0.416 e. The van der Waals surface area contributed by atoms with Crippen LogP contribution in [0.5, 0.6) is 0 Å². The molecule has 3 aromatic rings. The number of amides is 1. The number of halogens is 4. The third-order valence-corrected chi connectivity index (χ3v) is 10.8. The molecule has 2 bridgehead atoms. The monoisotopic (exact) mass is 550 g/mol. The lowest BCUT2D eigenvalue weighted by Gasteiger charge is -2.40. The SMILES string of the molecule is O=C(Cn1c2c(sc1=O)[C@H](c1ccc(Cl)cc1)[C@@H]1[C@H]3CC[C@@H](C3)[C@H]1S2)Nc1cccc(C(F)(F)F)c1. The second-order valence-corrected chi connectivity index (χ2v) is 12.4. The lowest BCUT2D eigenvalue weighted by atomic mass is 9.75. The van der Waals surface area contributed by atoms with Gasteiger partial charge in [0.1, 0.15) is 6.54 Å². The molecule has 188 valence electrons. The molecule has 1 aromatic heterocycles. The smallest absolute Gasteiger partial charge is 0.325 e. The van der Waals surface area contributed by atoms with Crippen LogP contribution in [0.3, 0.4) is 0 Å². The van der Waals surface area contributed by atoms with Crippen molar-refractivity contribution in [3.05, 3.63) is 79.2 Å². The second kappa shape index (κ2) is 8.96. The predicted molar refractivity (Wildman–Crippen MR) is 136 cm³/mol. The number of nitrogens with one attached hydrogen (secondary N) is 1. The molecule has 6 rings (SSSR count). The number of rotatable bonds is 4. The minimum atomic E-state index is -4.51. The van der Waals surface area contributed by atoms with E-state index in [1.165, 1.54) is 47.3 Å². The molecule has 10 heteroatoms. The van der Waals surface area contributed by atoms with Crippen molar-refractivity contribution in [3.63, 3.8) is 0 Å². The molecule has 2 heterocycles. The molecule has 2 aliphatic carbocycles. The fourth-order valence-electron chi connectivity index (χ4n) is 6.25. The number of anilines is 1. The molecule has 0 saturated heterocycles. The third-order valence-electron chi connectivity index (χ3n) is 7.70. The van der Waals surface area contributed by atoms with Gasteiger partial charge in [-0.1, -0.05) is 41.1 Å². The number of thioether (sulfide) groups is 1. The summed E-state index contributed by atoms with van der Waals surface area (Å²) in [4.78, 5) is 26.7. The van der Waals surface area contributed by atoms with E-state index in [0.717, 1.165) is 27.6 Å². The summed E-state index contributed by atoms with van der Waals surface area (Å²) in [6, 6.07) is 12.3. The molecule has 1 N–H and O–H groups in total. The van der Waals surface area contributed by atoms with Crippen molar-refractivity contribution in [2.75, 3.05) is 5.32 Å². The van der Waals surface area contributed by atoms with Crippen LogP contribution in [0.25, 0.3) is 0 Å². The summed E-state index contributed by atoms with van der Waals surface area (Å²) >= 11 is 9.04. The van der Waals surface area contributed by atoms with Crippen LogP contribution in [0.15, 0.2) is 58.4 Å². The van der Waals surface area contributed by atoms with Crippen LogP contribution in [0.4, 0.5) is 18.9 Å². The molecule has 4 nitrogen and oxygen atoms in total. The van der Waals surface area contributed by atoms with Crippen molar-refractivity contribution in [2.24, 2.45) is 17.8 Å². The Labute approximate surface area is 218 Å². The van der Waals surface area contributed by atoms with Crippen LogP contribution < -0.4 is 10.2 Å². The van der Waals surface area contributed by atoms with E-state index in [-0.39, 0.29) is 23.0 Å². The molecular weight excluding hydrogens is 529 g/mol. The molecule has 2 aromatic carbocycles. The van der Waals surface area contributed by atoms with E-state index in [4.69, 9.17) is 11.6 Å². The van der Waals surface area contributed by atoms with Gasteiger partial charge in [-0.25, -0.2) is 0 Å². The van der Waals surface area contributed by atoms with Gasteiger partial charge in [0, 0.05) is 26.8 Å². The van der Waals surface area contributed by atoms with E-state index in [1.54, 1.807) is 11.8 Å². The molecule has 3 aliphatic rings. The molecule has 0 spiro atoms. The maximum absolute atomic E-state index is 13.1. The van der Waals surface area contributed by atoms with Crippen LogP contribution in [0, 0.1) is 17.8 Å². The highest BCUT2D eigenvalue weighted by molar-refractivity contribution is 8.00. The summed E-state index contributed by atoms with van der Waals surface area (Å²) in [6.45, 7) is -0.243. The van der Waals surface area contributed by atoms with Gasteiger partial charge < -0.3 is 5.32 Å². The van der Waals surface area contributed by atoms with Gasteiger partial charge in [-0.3, -0.25) is 14.2 Å². The van der Waals surface area contributed by atoms with E-state index in [2.05, 4.69) is 5.32 Å². The first-order valence-electron chi connectivity index (χ1n) is 11.8. The Hall–Kier alpha value is -2.23. The van der Waals surface area contributed by atoms with Crippen LogP contribution in [0.2, 0.25) is 5.02 Å². The lowest BCUT2D eigenvalue weighted by molar-refractivity contribution is -0.137. The number of carbonyl (C=O) groups is 1. The van der Waals surface area contributed by atoms with E-state index < -0.39 is 17.6 Å². The fraction of sp³-hybridized carbons (Fsp3) is 0.385. The molecule has 0 unspecified atom stereocenters. The molecule has 1 aliphatic heterocycles. The van der Waals surface area contributed by atoms with Crippen LogP contribution in [0.1, 0.15) is 41.2 Å². The van der Waals surface area contributed by atoms with Gasteiger partial charge in [0.15, 0.2) is 0 Å². The van der Waals surface area contributed by atoms with E-state index in [0.29, 0.717) is 28.0 Å². The lowest BCUT2D eigenvalue weighted by Crippen LogP contribution is -2.34. The van der Waals surface area contributed by atoms with E-state index in [9.17, 15) is 22.8 Å².